The van der Waals surface area contributed by atoms with Gasteiger partial charge in [0.2, 0.25) is 0 Å². The van der Waals surface area contributed by atoms with E-state index < -0.39 is 32.5 Å². The number of rotatable bonds is 46. The van der Waals surface area contributed by atoms with Gasteiger partial charge in [-0.2, -0.15) is 0 Å². The molecule has 1 N–H and O–H groups in total. The highest BCUT2D eigenvalue weighted by Crippen LogP contribution is 2.43. The Morgan fingerprint density at radius 1 is 0.470 bits per heavy atom. The van der Waals surface area contributed by atoms with E-state index in [0.717, 1.165) is 96.3 Å². The van der Waals surface area contributed by atoms with Crippen molar-refractivity contribution in [3.8, 4) is 0 Å². The van der Waals surface area contributed by atoms with Crippen molar-refractivity contribution < 1.29 is 42.1 Å². The van der Waals surface area contributed by atoms with Crippen LogP contribution in [0.3, 0.4) is 0 Å². The number of likely N-dealkylation sites (N-methyl/N-ethyl adjacent to an activating group) is 1. The number of nitrogens with zero attached hydrogens (tertiary/aromatic N) is 1. The van der Waals surface area contributed by atoms with E-state index in [9.17, 15) is 19.0 Å². The number of unbranched alkanes of at least 4 members (excludes halogenated alkanes) is 16. The summed E-state index contributed by atoms with van der Waals surface area (Å²) in [5, 5.41) is 0. The lowest BCUT2D eigenvalue weighted by atomic mass is 10.0. The van der Waals surface area contributed by atoms with Crippen molar-refractivity contribution in [1.29, 1.82) is 0 Å². The average Bonchev–Trinajstić information content (AvgIpc) is 3.27. The van der Waals surface area contributed by atoms with Gasteiger partial charge < -0.3 is 18.9 Å². The van der Waals surface area contributed by atoms with Crippen molar-refractivity contribution in [2.75, 3.05) is 47.5 Å². The zero-order valence-electron chi connectivity index (χ0n) is 42.6. The van der Waals surface area contributed by atoms with Crippen LogP contribution in [0.1, 0.15) is 194 Å². The van der Waals surface area contributed by atoms with Gasteiger partial charge in [0.1, 0.15) is 19.8 Å². The second-order valence-electron chi connectivity index (χ2n) is 18.1. The van der Waals surface area contributed by atoms with E-state index in [1.165, 1.54) is 57.8 Å². The first-order valence-electron chi connectivity index (χ1n) is 26.0. The van der Waals surface area contributed by atoms with E-state index in [4.69, 9.17) is 18.5 Å². The first kappa shape index (κ1) is 62.9. The van der Waals surface area contributed by atoms with Crippen LogP contribution in [0.4, 0.5) is 0 Å². The minimum Gasteiger partial charge on any atom is -0.462 e. The van der Waals surface area contributed by atoms with Crippen molar-refractivity contribution >= 4 is 19.8 Å². The average molecular weight is 943 g/mol. The second-order valence-corrected chi connectivity index (χ2v) is 19.6. The molecule has 2 atom stereocenters. The Labute approximate surface area is 404 Å². The van der Waals surface area contributed by atoms with Gasteiger partial charge in [-0.3, -0.25) is 18.6 Å². The summed E-state index contributed by atoms with van der Waals surface area (Å²) in [5.74, 6) is -0.833. The Kier molecular flexibility index (Phi) is 44.8. The normalized spacial score (nSPS) is 14.2. The Balaban J connectivity index is 4.27. The van der Waals surface area contributed by atoms with Crippen LogP contribution in [-0.2, 0) is 32.7 Å². The third kappa shape index (κ3) is 50.3. The van der Waals surface area contributed by atoms with Crippen molar-refractivity contribution in [1.82, 2.24) is 0 Å². The molecule has 0 aromatic heterocycles. The molecule has 378 valence electrons. The molecule has 0 radical (unpaired) electrons. The van der Waals surface area contributed by atoms with E-state index in [-0.39, 0.29) is 26.1 Å². The summed E-state index contributed by atoms with van der Waals surface area (Å²) in [7, 11) is 1.45. The van der Waals surface area contributed by atoms with Gasteiger partial charge in [-0.05, 0) is 89.9 Å². The van der Waals surface area contributed by atoms with Gasteiger partial charge in [0.05, 0.1) is 27.7 Å². The molecule has 0 spiro atoms. The van der Waals surface area contributed by atoms with Crippen LogP contribution in [0.25, 0.3) is 0 Å². The lowest BCUT2D eigenvalue weighted by Gasteiger charge is -2.24. The summed E-state index contributed by atoms with van der Waals surface area (Å²) in [6, 6.07) is 0. The maximum absolute atomic E-state index is 12.8. The number of carbonyl (C=O) groups is 2. The van der Waals surface area contributed by atoms with Crippen molar-refractivity contribution in [3.63, 3.8) is 0 Å². The third-order valence-electron chi connectivity index (χ3n) is 10.6. The first-order valence-corrected chi connectivity index (χ1v) is 27.5. The topological polar surface area (TPSA) is 108 Å². The van der Waals surface area contributed by atoms with E-state index in [1.807, 2.05) is 21.1 Å². The van der Waals surface area contributed by atoms with Gasteiger partial charge in [-0.25, -0.2) is 4.57 Å². The Morgan fingerprint density at radius 2 is 0.818 bits per heavy atom. The standard InChI is InChI=1S/C56H96NO8P/c1-6-8-10-12-14-16-18-20-22-24-25-26-27-28-29-30-31-33-35-37-39-41-43-45-47-49-56(59)65-54(53-64-66(60,61)63-51-50-57(3,4)5)52-62-55(58)48-46-44-42-40-38-36-34-32-23-21-19-17-15-13-11-9-7-2/h8-11,14-17,20-23,25-26,34,36,54H,6-7,12-13,18-19,24,27-33,35,37-53H2,1-5H3/p+1/b10-8-,11-9-,16-14-,17-15-,22-20-,23-21-,26-25-,36-34-. The SMILES string of the molecule is CC/C=C\C/C=C\C/C=C\C/C=C\CCCCCCCCCCCCCCC(=O)OC(COC(=O)CCCCCC/C=C\C/C=C\C/C=C\C/C=C\CC)COP(=O)(O)OCC[N+](C)(C)C. The predicted octanol–water partition coefficient (Wildman–Crippen LogP) is 15.7. The monoisotopic (exact) mass is 943 g/mol. The molecule has 0 fully saturated rings. The van der Waals surface area contributed by atoms with Crippen LogP contribution in [0.5, 0.6) is 0 Å². The summed E-state index contributed by atoms with van der Waals surface area (Å²) in [6.45, 7) is 4.16. The third-order valence-corrected chi connectivity index (χ3v) is 11.6. The van der Waals surface area contributed by atoms with Crippen molar-refractivity contribution in [2.45, 2.75) is 200 Å². The van der Waals surface area contributed by atoms with Crippen LogP contribution in [0, 0.1) is 0 Å². The van der Waals surface area contributed by atoms with E-state index in [0.29, 0.717) is 23.9 Å². The van der Waals surface area contributed by atoms with Crippen molar-refractivity contribution in [2.24, 2.45) is 0 Å². The molecule has 0 aliphatic rings. The number of ether oxygens (including phenoxy) is 2. The summed E-state index contributed by atoms with van der Waals surface area (Å²) in [4.78, 5) is 35.6. The molecule has 9 nitrogen and oxygen atoms in total. The Hall–Kier alpha value is -3.07. The molecule has 0 aromatic rings. The molecule has 0 aromatic carbocycles. The van der Waals surface area contributed by atoms with Crippen LogP contribution < -0.4 is 0 Å². The minimum absolute atomic E-state index is 0.0222. The number of phosphoric acid groups is 1. The number of phosphoric ester groups is 1. The van der Waals surface area contributed by atoms with Crippen LogP contribution in [0.15, 0.2) is 97.2 Å². The number of allylic oxidation sites excluding steroid dienone is 16. The molecule has 0 heterocycles. The van der Waals surface area contributed by atoms with Crippen LogP contribution in [0.2, 0.25) is 0 Å². The van der Waals surface area contributed by atoms with Gasteiger partial charge >= 0.3 is 19.8 Å². The second kappa shape index (κ2) is 47.0. The summed E-state index contributed by atoms with van der Waals surface area (Å²) in [6.07, 6.45) is 63.2. The van der Waals surface area contributed by atoms with Gasteiger partial charge in [0, 0.05) is 12.8 Å². The highest BCUT2D eigenvalue weighted by molar-refractivity contribution is 7.47. The summed E-state index contributed by atoms with van der Waals surface area (Å²) in [5.41, 5.74) is 0. The zero-order chi connectivity index (χ0) is 48.5. The molecular formula is C56H97NO8P+. The maximum Gasteiger partial charge on any atom is 0.472 e. The largest absolute Gasteiger partial charge is 0.472 e. The zero-order valence-corrected chi connectivity index (χ0v) is 43.5. The number of hydrogen-bond donors (Lipinski definition) is 1. The summed E-state index contributed by atoms with van der Waals surface area (Å²) < 4.78 is 34.4. The fourth-order valence-electron chi connectivity index (χ4n) is 6.64. The smallest absolute Gasteiger partial charge is 0.462 e. The molecule has 0 aliphatic heterocycles. The van der Waals surface area contributed by atoms with E-state index in [1.54, 1.807) is 0 Å². The molecule has 0 aliphatic carbocycles. The molecule has 2 unspecified atom stereocenters. The molecule has 66 heavy (non-hydrogen) atoms. The number of hydrogen-bond acceptors (Lipinski definition) is 7. The molecule has 0 rings (SSSR count). The fraction of sp³-hybridized carbons (Fsp3) is 0.679. The first-order chi connectivity index (χ1) is 32.0. The number of quaternary nitrogens is 1. The molecule has 0 bridgehead atoms. The lowest BCUT2D eigenvalue weighted by Crippen LogP contribution is -2.37. The Morgan fingerprint density at radius 3 is 1.21 bits per heavy atom. The highest BCUT2D eigenvalue weighted by Gasteiger charge is 2.27. The molecule has 0 amide bonds. The van der Waals surface area contributed by atoms with E-state index >= 15 is 0 Å². The number of carbonyl (C=O) groups excluding carboxylic acids is 2. The molecular weight excluding hydrogens is 846 g/mol. The van der Waals surface area contributed by atoms with Crippen LogP contribution in [-0.4, -0.2) is 74.9 Å². The van der Waals surface area contributed by atoms with Gasteiger partial charge in [0.15, 0.2) is 6.10 Å². The lowest BCUT2D eigenvalue weighted by molar-refractivity contribution is -0.870. The van der Waals surface area contributed by atoms with Crippen molar-refractivity contribution in [3.05, 3.63) is 97.2 Å². The van der Waals surface area contributed by atoms with Gasteiger partial charge in [-0.1, -0.05) is 188 Å². The van der Waals surface area contributed by atoms with Gasteiger partial charge in [0.25, 0.3) is 0 Å². The number of esters is 2. The predicted molar refractivity (Wildman–Crippen MR) is 279 cm³/mol. The highest BCUT2D eigenvalue weighted by atomic mass is 31.2. The molecule has 10 heteroatoms. The maximum atomic E-state index is 12.8. The van der Waals surface area contributed by atoms with Gasteiger partial charge in [-0.15, -0.1) is 0 Å². The quantitative estimate of drug-likeness (QED) is 0.0211. The fourth-order valence-corrected chi connectivity index (χ4v) is 7.38. The molecule has 0 saturated heterocycles. The molecule has 0 saturated carbocycles. The summed E-state index contributed by atoms with van der Waals surface area (Å²) >= 11 is 0. The minimum atomic E-state index is -4.39. The Bertz CT molecular complexity index is 1440. The van der Waals surface area contributed by atoms with Crippen LogP contribution >= 0.6 is 7.82 Å². The van der Waals surface area contributed by atoms with E-state index in [2.05, 4.69) is 111 Å².